The summed E-state index contributed by atoms with van der Waals surface area (Å²) < 4.78 is 7.16. The van der Waals surface area contributed by atoms with Crippen molar-refractivity contribution < 1.29 is 9.53 Å². The molecule has 31 heavy (non-hydrogen) atoms. The van der Waals surface area contributed by atoms with E-state index < -0.39 is 5.60 Å². The van der Waals surface area contributed by atoms with Crippen LogP contribution in [0.2, 0.25) is 0 Å². The summed E-state index contributed by atoms with van der Waals surface area (Å²) in [6.07, 6.45) is 2.75. The molecule has 164 valence electrons. The lowest BCUT2D eigenvalue weighted by Crippen LogP contribution is -2.47. The third kappa shape index (κ3) is 4.40. The first kappa shape index (κ1) is 20.9. The molecule has 1 fully saturated rings. The van der Waals surface area contributed by atoms with Crippen LogP contribution in [0.25, 0.3) is 16.7 Å². The van der Waals surface area contributed by atoms with Crippen LogP contribution in [0.1, 0.15) is 33.6 Å². The van der Waals surface area contributed by atoms with Crippen LogP contribution in [-0.2, 0) is 4.74 Å². The van der Waals surface area contributed by atoms with Gasteiger partial charge in [0.1, 0.15) is 11.0 Å². The van der Waals surface area contributed by atoms with Crippen molar-refractivity contribution in [2.24, 2.45) is 0 Å². The highest BCUT2D eigenvalue weighted by Gasteiger charge is 2.29. The van der Waals surface area contributed by atoms with Crippen molar-refractivity contribution >= 4 is 23.1 Å². The minimum atomic E-state index is -0.521. The molecule has 3 heterocycles. The fourth-order valence-corrected chi connectivity index (χ4v) is 3.76. The number of nitrogens with one attached hydrogen (secondary N) is 1. The van der Waals surface area contributed by atoms with E-state index in [2.05, 4.69) is 10.1 Å². The van der Waals surface area contributed by atoms with E-state index >= 15 is 0 Å². The molecule has 0 saturated carbocycles. The lowest BCUT2D eigenvalue weighted by atomic mass is 10.0. The maximum atomic E-state index is 12.6. The number of nitrogens with zero attached hydrogens (tertiary/aromatic N) is 5. The second-order valence-electron chi connectivity index (χ2n) is 8.83. The fraction of sp³-hybridized carbons (Fsp3) is 0.455. The molecule has 9 heteroatoms. The van der Waals surface area contributed by atoms with Gasteiger partial charge in [-0.05, 0) is 45.7 Å². The Hall–Kier alpha value is -3.36. The van der Waals surface area contributed by atoms with Crippen LogP contribution < -0.4 is 10.5 Å². The molecule has 1 aliphatic heterocycles. The van der Waals surface area contributed by atoms with Crippen LogP contribution in [0.4, 0.5) is 10.7 Å². The molecule has 0 unspecified atom stereocenters. The molecule has 0 atom stereocenters. The average Bonchev–Trinajstić information content (AvgIpc) is 3.17. The minimum Gasteiger partial charge on any atom is -0.444 e. The molecule has 0 bridgehead atoms. The highest BCUT2D eigenvalue weighted by atomic mass is 16.6. The first-order valence-electron chi connectivity index (χ1n) is 10.5. The number of H-pyrrole nitrogens is 1. The second kappa shape index (κ2) is 8.05. The van der Waals surface area contributed by atoms with Gasteiger partial charge in [0.05, 0.1) is 11.9 Å². The zero-order valence-corrected chi connectivity index (χ0v) is 18.3. The second-order valence-corrected chi connectivity index (χ2v) is 8.83. The van der Waals surface area contributed by atoms with Crippen molar-refractivity contribution in [1.82, 2.24) is 24.6 Å². The van der Waals surface area contributed by atoms with Crippen LogP contribution in [-0.4, -0.2) is 62.5 Å². The number of carbonyl (C=O) groups excluding carboxylic acids is 1. The first-order chi connectivity index (χ1) is 14.7. The highest BCUT2D eigenvalue weighted by molar-refractivity contribution is 5.76. The first-order valence-corrected chi connectivity index (χ1v) is 10.5. The van der Waals surface area contributed by atoms with Crippen molar-refractivity contribution in [3.8, 4) is 5.69 Å². The number of anilines is 1. The van der Waals surface area contributed by atoms with Gasteiger partial charge in [-0.15, -0.1) is 0 Å². The highest BCUT2D eigenvalue weighted by Crippen LogP contribution is 2.22. The predicted octanol–water partition coefficient (Wildman–Crippen LogP) is 2.94. The molecule has 0 spiro atoms. The number of aromatic amines is 1. The van der Waals surface area contributed by atoms with Gasteiger partial charge in [-0.3, -0.25) is 9.78 Å². The zero-order valence-electron chi connectivity index (χ0n) is 18.3. The Bertz CT molecular complexity index is 1120. The molecule has 2 aromatic heterocycles. The lowest BCUT2D eigenvalue weighted by molar-refractivity contribution is 0.0200. The van der Waals surface area contributed by atoms with Crippen molar-refractivity contribution in [3.63, 3.8) is 0 Å². The van der Waals surface area contributed by atoms with E-state index in [4.69, 9.17) is 9.72 Å². The van der Waals surface area contributed by atoms with Gasteiger partial charge in [0.25, 0.3) is 5.56 Å². The number of ether oxygens (including phenoxy) is 1. The number of fused-ring (bicyclic) bond motifs is 1. The van der Waals surface area contributed by atoms with Crippen molar-refractivity contribution in [1.29, 1.82) is 0 Å². The molecule has 1 saturated heterocycles. The van der Waals surface area contributed by atoms with Gasteiger partial charge in [0, 0.05) is 26.2 Å². The molecule has 1 N–H and O–H groups in total. The number of hydrogen-bond acceptors (Lipinski definition) is 6. The van der Waals surface area contributed by atoms with Crippen molar-refractivity contribution in [2.75, 3.05) is 25.0 Å². The molecule has 1 aliphatic rings. The number of aromatic nitrogens is 4. The third-order valence-electron chi connectivity index (χ3n) is 5.42. The van der Waals surface area contributed by atoms with E-state index in [-0.39, 0.29) is 17.7 Å². The minimum absolute atomic E-state index is 0.0800. The molecular weight excluding hydrogens is 396 g/mol. The van der Waals surface area contributed by atoms with Crippen molar-refractivity contribution in [2.45, 2.75) is 45.3 Å². The normalized spacial score (nSPS) is 15.3. The zero-order chi connectivity index (χ0) is 22.2. The molecule has 9 nitrogen and oxygen atoms in total. The number of piperidine rings is 1. The summed E-state index contributed by atoms with van der Waals surface area (Å²) >= 11 is 0. The van der Waals surface area contributed by atoms with Gasteiger partial charge in [-0.25, -0.2) is 9.48 Å². The van der Waals surface area contributed by atoms with E-state index in [0.29, 0.717) is 30.1 Å². The summed E-state index contributed by atoms with van der Waals surface area (Å²) in [5.74, 6) is 0.522. The van der Waals surface area contributed by atoms with Gasteiger partial charge in [0.15, 0.2) is 5.65 Å². The van der Waals surface area contributed by atoms with E-state index in [1.807, 2.05) is 56.0 Å². The van der Waals surface area contributed by atoms with E-state index in [1.54, 1.807) is 22.8 Å². The molecule has 3 aromatic rings. The van der Waals surface area contributed by atoms with Gasteiger partial charge in [-0.1, -0.05) is 18.2 Å². The Morgan fingerprint density at radius 3 is 2.52 bits per heavy atom. The number of para-hydroxylation sites is 1. The summed E-state index contributed by atoms with van der Waals surface area (Å²) in [5.41, 5.74) is 0.638. The van der Waals surface area contributed by atoms with E-state index in [1.165, 1.54) is 0 Å². The van der Waals surface area contributed by atoms with Crippen LogP contribution >= 0.6 is 0 Å². The summed E-state index contributed by atoms with van der Waals surface area (Å²) in [6, 6.07) is 9.70. The number of carbonyl (C=O) groups is 1. The topological polar surface area (TPSA) is 96.3 Å². The maximum absolute atomic E-state index is 12.6. The largest absolute Gasteiger partial charge is 0.444 e. The Labute approximate surface area is 180 Å². The van der Waals surface area contributed by atoms with Crippen LogP contribution in [0.3, 0.4) is 0 Å². The Kier molecular flexibility index (Phi) is 5.43. The summed E-state index contributed by atoms with van der Waals surface area (Å²) in [5, 5.41) is 4.81. The standard InChI is InChI=1S/C22H28N6O3/c1-22(2,3)31-21(30)26(4)15-10-12-27(13-11-15)20-24-18-17(19(29)25-20)14-23-28(18)16-8-6-5-7-9-16/h5-9,14-15H,10-13H2,1-4H3,(H,24,25,29). The third-order valence-corrected chi connectivity index (χ3v) is 5.42. The lowest BCUT2D eigenvalue weighted by Gasteiger charge is -2.37. The molecule has 0 aliphatic carbocycles. The molecule has 0 radical (unpaired) electrons. The Morgan fingerprint density at radius 2 is 1.87 bits per heavy atom. The van der Waals surface area contributed by atoms with E-state index in [0.717, 1.165) is 18.5 Å². The van der Waals surface area contributed by atoms with Gasteiger partial charge in [-0.2, -0.15) is 10.1 Å². The Morgan fingerprint density at radius 1 is 1.19 bits per heavy atom. The number of hydrogen-bond donors (Lipinski definition) is 1. The van der Waals surface area contributed by atoms with Crippen LogP contribution in [0.5, 0.6) is 0 Å². The quantitative estimate of drug-likeness (QED) is 0.694. The average molecular weight is 425 g/mol. The smallest absolute Gasteiger partial charge is 0.410 e. The fourth-order valence-electron chi connectivity index (χ4n) is 3.76. The van der Waals surface area contributed by atoms with Crippen LogP contribution in [0.15, 0.2) is 41.3 Å². The van der Waals surface area contributed by atoms with Gasteiger partial charge < -0.3 is 14.5 Å². The van der Waals surface area contributed by atoms with Gasteiger partial charge >= 0.3 is 6.09 Å². The molecule has 1 aromatic carbocycles. The Balaban J connectivity index is 1.52. The number of rotatable bonds is 3. The molecular formula is C22H28N6O3. The van der Waals surface area contributed by atoms with Gasteiger partial charge in [0.2, 0.25) is 5.95 Å². The van der Waals surface area contributed by atoms with Crippen LogP contribution in [0, 0.1) is 0 Å². The maximum Gasteiger partial charge on any atom is 0.410 e. The summed E-state index contributed by atoms with van der Waals surface area (Å²) in [4.78, 5) is 36.3. The molecule has 1 amide bonds. The van der Waals surface area contributed by atoms with E-state index in [9.17, 15) is 9.59 Å². The number of benzene rings is 1. The summed E-state index contributed by atoms with van der Waals surface area (Å²) in [7, 11) is 1.78. The van der Waals surface area contributed by atoms with Crippen molar-refractivity contribution in [3.05, 3.63) is 46.9 Å². The monoisotopic (exact) mass is 424 g/mol. The number of amides is 1. The molecule has 4 rings (SSSR count). The SMILES string of the molecule is CN(C(=O)OC(C)(C)C)C1CCN(c2nc3c(cnn3-c3ccccc3)c(=O)[nH]2)CC1. The predicted molar refractivity (Wildman–Crippen MR) is 119 cm³/mol. The summed E-state index contributed by atoms with van der Waals surface area (Å²) in [6.45, 7) is 6.93.